The predicted octanol–water partition coefficient (Wildman–Crippen LogP) is 2.20. The van der Waals surface area contributed by atoms with Crippen LogP contribution in [0.15, 0.2) is 54.6 Å². The molecule has 2 aromatic carbocycles. The Labute approximate surface area is 138 Å². The van der Waals surface area contributed by atoms with Crippen molar-refractivity contribution in [3.8, 4) is 17.1 Å². The Balaban J connectivity index is 1.97. The number of phenols is 1. The standard InChI is InChI=1S/C17H16N4O3/c1-2-24-17(23)15(12-6-4-3-5-7-12)21-19-16(18-20-21)13-8-10-14(22)11-9-13/h3-11,15,22H,2H2,1H3. The Morgan fingerprint density at radius 1 is 1.17 bits per heavy atom. The first-order valence-corrected chi connectivity index (χ1v) is 7.49. The van der Waals surface area contributed by atoms with E-state index in [9.17, 15) is 9.90 Å². The minimum atomic E-state index is -0.801. The fraction of sp³-hybridized carbons (Fsp3) is 0.176. The average molecular weight is 324 g/mol. The second kappa shape index (κ2) is 6.91. The van der Waals surface area contributed by atoms with Crippen molar-refractivity contribution < 1.29 is 14.6 Å². The van der Waals surface area contributed by atoms with E-state index in [0.29, 0.717) is 17.0 Å². The van der Waals surface area contributed by atoms with Gasteiger partial charge in [-0.25, -0.2) is 4.79 Å². The Morgan fingerprint density at radius 2 is 1.88 bits per heavy atom. The molecule has 0 fully saturated rings. The summed E-state index contributed by atoms with van der Waals surface area (Å²) in [6.45, 7) is 2.01. The Hall–Kier alpha value is -3.22. The molecule has 0 amide bonds. The van der Waals surface area contributed by atoms with Crippen LogP contribution in [0.1, 0.15) is 18.5 Å². The van der Waals surface area contributed by atoms with Gasteiger partial charge in [-0.1, -0.05) is 30.3 Å². The first-order valence-electron chi connectivity index (χ1n) is 7.49. The summed E-state index contributed by atoms with van der Waals surface area (Å²) in [5.41, 5.74) is 1.40. The Morgan fingerprint density at radius 3 is 2.54 bits per heavy atom. The highest BCUT2D eigenvalue weighted by molar-refractivity contribution is 5.77. The molecule has 122 valence electrons. The largest absolute Gasteiger partial charge is 0.508 e. The number of hydrogen-bond acceptors (Lipinski definition) is 6. The van der Waals surface area contributed by atoms with Crippen LogP contribution < -0.4 is 0 Å². The number of phenolic OH excluding ortho intramolecular Hbond substituents is 1. The van der Waals surface area contributed by atoms with Gasteiger partial charge in [-0.2, -0.15) is 0 Å². The van der Waals surface area contributed by atoms with Gasteiger partial charge in [-0.3, -0.25) is 0 Å². The van der Waals surface area contributed by atoms with E-state index in [1.807, 2.05) is 30.3 Å². The summed E-state index contributed by atoms with van der Waals surface area (Å²) in [6, 6.07) is 14.8. The van der Waals surface area contributed by atoms with E-state index in [2.05, 4.69) is 15.4 Å². The molecule has 0 aliphatic rings. The second-order valence-electron chi connectivity index (χ2n) is 5.05. The van der Waals surface area contributed by atoms with Crippen molar-refractivity contribution in [2.75, 3.05) is 6.61 Å². The lowest BCUT2D eigenvalue weighted by atomic mass is 10.1. The third kappa shape index (κ3) is 3.24. The van der Waals surface area contributed by atoms with Crippen LogP contribution in [0.4, 0.5) is 0 Å². The third-order valence-electron chi connectivity index (χ3n) is 3.41. The first-order chi connectivity index (χ1) is 11.7. The lowest BCUT2D eigenvalue weighted by molar-refractivity contribution is -0.146. The number of aromatic hydroxyl groups is 1. The number of ether oxygens (including phenoxy) is 1. The van der Waals surface area contributed by atoms with Crippen LogP contribution in [0.5, 0.6) is 5.75 Å². The van der Waals surface area contributed by atoms with Crippen LogP contribution in [-0.2, 0) is 9.53 Å². The van der Waals surface area contributed by atoms with Crippen LogP contribution >= 0.6 is 0 Å². The maximum Gasteiger partial charge on any atom is 0.337 e. The summed E-state index contributed by atoms with van der Waals surface area (Å²) in [5, 5.41) is 21.7. The van der Waals surface area contributed by atoms with Crippen molar-refractivity contribution in [3.05, 3.63) is 60.2 Å². The van der Waals surface area contributed by atoms with Crippen LogP contribution in [-0.4, -0.2) is 37.9 Å². The fourth-order valence-corrected chi connectivity index (χ4v) is 2.28. The number of tetrazole rings is 1. The molecule has 3 aromatic rings. The van der Waals surface area contributed by atoms with E-state index >= 15 is 0 Å². The molecule has 0 bridgehead atoms. The highest BCUT2D eigenvalue weighted by Crippen LogP contribution is 2.21. The molecule has 0 saturated carbocycles. The van der Waals surface area contributed by atoms with Gasteiger partial charge in [0.15, 0.2) is 6.04 Å². The maximum atomic E-state index is 12.4. The Bertz CT molecular complexity index is 815. The summed E-state index contributed by atoms with van der Waals surface area (Å²) >= 11 is 0. The predicted molar refractivity (Wildman–Crippen MR) is 86.1 cm³/mol. The number of esters is 1. The molecule has 1 unspecified atom stereocenters. The SMILES string of the molecule is CCOC(=O)C(c1ccccc1)n1nnc(-c2ccc(O)cc2)n1. The van der Waals surface area contributed by atoms with Gasteiger partial charge in [0.1, 0.15) is 5.75 Å². The molecule has 0 aliphatic carbocycles. The van der Waals surface area contributed by atoms with Crippen molar-refractivity contribution in [1.82, 2.24) is 20.2 Å². The number of benzene rings is 2. The van der Waals surface area contributed by atoms with E-state index < -0.39 is 12.0 Å². The molecule has 1 heterocycles. The number of rotatable bonds is 5. The van der Waals surface area contributed by atoms with Crippen LogP contribution in [0, 0.1) is 0 Å². The zero-order chi connectivity index (χ0) is 16.9. The van der Waals surface area contributed by atoms with Crippen LogP contribution in [0.3, 0.4) is 0 Å². The molecule has 1 atom stereocenters. The minimum Gasteiger partial charge on any atom is -0.508 e. The second-order valence-corrected chi connectivity index (χ2v) is 5.05. The maximum absolute atomic E-state index is 12.4. The summed E-state index contributed by atoms with van der Waals surface area (Å²) in [4.78, 5) is 13.6. The zero-order valence-corrected chi connectivity index (χ0v) is 13.0. The molecule has 0 aliphatic heterocycles. The molecule has 24 heavy (non-hydrogen) atoms. The van der Waals surface area contributed by atoms with E-state index in [1.54, 1.807) is 19.1 Å². The number of carbonyl (C=O) groups excluding carboxylic acids is 1. The zero-order valence-electron chi connectivity index (χ0n) is 13.0. The van der Waals surface area contributed by atoms with Gasteiger partial charge < -0.3 is 9.84 Å². The van der Waals surface area contributed by atoms with Gasteiger partial charge in [-0.15, -0.1) is 15.0 Å². The topological polar surface area (TPSA) is 90.1 Å². The Kier molecular flexibility index (Phi) is 4.51. The summed E-state index contributed by atoms with van der Waals surface area (Å²) < 4.78 is 5.14. The number of aromatic nitrogens is 4. The monoisotopic (exact) mass is 324 g/mol. The molecule has 0 radical (unpaired) electrons. The molecule has 1 aromatic heterocycles. The van der Waals surface area contributed by atoms with Crippen molar-refractivity contribution in [2.45, 2.75) is 13.0 Å². The highest BCUT2D eigenvalue weighted by atomic mass is 16.5. The highest BCUT2D eigenvalue weighted by Gasteiger charge is 2.27. The number of carbonyl (C=O) groups is 1. The summed E-state index contributed by atoms with van der Waals surface area (Å²) in [6.07, 6.45) is 0. The lowest BCUT2D eigenvalue weighted by Gasteiger charge is -2.14. The van der Waals surface area contributed by atoms with Gasteiger partial charge >= 0.3 is 5.97 Å². The van der Waals surface area contributed by atoms with Crippen LogP contribution in [0.2, 0.25) is 0 Å². The molecule has 7 nitrogen and oxygen atoms in total. The van der Waals surface area contributed by atoms with Gasteiger partial charge in [0.05, 0.1) is 6.61 Å². The number of nitrogens with zero attached hydrogens (tertiary/aromatic N) is 4. The molecule has 0 spiro atoms. The minimum absolute atomic E-state index is 0.153. The van der Waals surface area contributed by atoms with Crippen LogP contribution in [0.25, 0.3) is 11.4 Å². The van der Waals surface area contributed by atoms with Gasteiger partial charge in [0, 0.05) is 5.56 Å². The molecular weight excluding hydrogens is 308 g/mol. The summed E-state index contributed by atoms with van der Waals surface area (Å²) in [7, 11) is 0. The van der Waals surface area contributed by atoms with Crippen molar-refractivity contribution >= 4 is 5.97 Å². The first kappa shape index (κ1) is 15.7. The van der Waals surface area contributed by atoms with E-state index in [-0.39, 0.29) is 12.4 Å². The molecule has 7 heteroatoms. The average Bonchev–Trinajstić information content (AvgIpc) is 3.06. The van der Waals surface area contributed by atoms with Crippen molar-refractivity contribution in [3.63, 3.8) is 0 Å². The quantitative estimate of drug-likeness (QED) is 0.724. The van der Waals surface area contributed by atoms with Gasteiger partial charge in [0.2, 0.25) is 5.82 Å². The van der Waals surface area contributed by atoms with E-state index in [4.69, 9.17) is 4.74 Å². The molecule has 0 saturated heterocycles. The smallest absolute Gasteiger partial charge is 0.337 e. The van der Waals surface area contributed by atoms with Crippen molar-refractivity contribution in [1.29, 1.82) is 0 Å². The molecule has 3 rings (SSSR count). The summed E-state index contributed by atoms with van der Waals surface area (Å²) in [5.74, 6) is 0.0680. The fourth-order valence-electron chi connectivity index (χ4n) is 2.28. The third-order valence-corrected chi connectivity index (χ3v) is 3.41. The molecular formula is C17H16N4O3. The van der Waals surface area contributed by atoms with Gasteiger partial charge in [0.25, 0.3) is 0 Å². The normalized spacial score (nSPS) is 11.9. The number of hydrogen-bond donors (Lipinski definition) is 1. The molecule has 1 N–H and O–H groups in total. The van der Waals surface area contributed by atoms with E-state index in [0.717, 1.165) is 0 Å². The van der Waals surface area contributed by atoms with Crippen molar-refractivity contribution in [2.24, 2.45) is 0 Å². The van der Waals surface area contributed by atoms with Gasteiger partial charge in [-0.05, 0) is 42.0 Å². The van der Waals surface area contributed by atoms with E-state index in [1.165, 1.54) is 16.9 Å². The lowest BCUT2D eigenvalue weighted by Crippen LogP contribution is -2.25.